The van der Waals surface area contributed by atoms with Crippen molar-refractivity contribution < 1.29 is 8.42 Å². The van der Waals surface area contributed by atoms with Crippen LogP contribution in [0.1, 0.15) is 18.9 Å². The number of rotatable bonds is 5. The first-order valence-electron chi connectivity index (χ1n) is 9.46. The third kappa shape index (κ3) is 4.02. The molecule has 7 nitrogen and oxygen atoms in total. The van der Waals surface area contributed by atoms with E-state index in [9.17, 15) is 8.42 Å². The van der Waals surface area contributed by atoms with Crippen LogP contribution in [0, 0.1) is 0 Å². The van der Waals surface area contributed by atoms with E-state index in [0.29, 0.717) is 12.4 Å². The van der Waals surface area contributed by atoms with Gasteiger partial charge in [-0.15, -0.1) is 0 Å². The van der Waals surface area contributed by atoms with Crippen LogP contribution in [0.3, 0.4) is 0 Å². The van der Waals surface area contributed by atoms with E-state index in [2.05, 4.69) is 31.7 Å². The molecule has 2 atom stereocenters. The number of nitrogens with zero attached hydrogens (tertiary/aromatic N) is 5. The van der Waals surface area contributed by atoms with Crippen LogP contribution in [0.2, 0.25) is 0 Å². The van der Waals surface area contributed by atoms with Gasteiger partial charge in [0.15, 0.2) is 15.7 Å². The van der Waals surface area contributed by atoms with Crippen LogP contribution < -0.4 is 0 Å². The quantitative estimate of drug-likeness (QED) is 0.763. The SMILES string of the molecule is CCCN1CCN(Cc2cnc(-c3ccccn3)nc2)[C@H]2CS(=O)(=O)C[C@H]21. The zero-order chi connectivity index (χ0) is 18.9. The van der Waals surface area contributed by atoms with Gasteiger partial charge in [0.1, 0.15) is 5.69 Å². The minimum absolute atomic E-state index is 0.0609. The second kappa shape index (κ2) is 7.61. The lowest BCUT2D eigenvalue weighted by molar-refractivity contribution is 0.0404. The molecule has 0 amide bonds. The number of piperazine rings is 1. The van der Waals surface area contributed by atoms with Gasteiger partial charge in [-0.05, 0) is 25.1 Å². The second-order valence-electron chi connectivity index (χ2n) is 7.35. The van der Waals surface area contributed by atoms with Crippen LogP contribution in [-0.2, 0) is 16.4 Å². The standard InChI is InChI=1S/C19H25N5O2S/c1-2-7-23-8-9-24(18-14-27(25,26)13-17(18)23)12-15-10-21-19(22-11-15)16-5-3-4-6-20-16/h3-6,10-11,17-18H,2,7-9,12-14H2,1H3/t17-,18+/m1/s1. The summed E-state index contributed by atoms with van der Waals surface area (Å²) in [7, 11) is -2.97. The van der Waals surface area contributed by atoms with Gasteiger partial charge in [-0.2, -0.15) is 0 Å². The fourth-order valence-corrected chi connectivity index (χ4v) is 6.20. The van der Waals surface area contributed by atoms with Crippen molar-refractivity contribution in [3.8, 4) is 11.5 Å². The normalized spacial score (nSPS) is 25.4. The molecule has 8 heteroatoms. The molecule has 144 valence electrons. The van der Waals surface area contributed by atoms with Crippen molar-refractivity contribution in [2.24, 2.45) is 0 Å². The number of sulfone groups is 1. The first kappa shape index (κ1) is 18.5. The number of hydrogen-bond acceptors (Lipinski definition) is 7. The lowest BCUT2D eigenvalue weighted by atomic mass is 10.0. The van der Waals surface area contributed by atoms with Crippen LogP contribution in [0.15, 0.2) is 36.8 Å². The average molecular weight is 388 g/mol. The van der Waals surface area contributed by atoms with E-state index in [0.717, 1.165) is 37.3 Å². The van der Waals surface area contributed by atoms with Crippen molar-refractivity contribution in [2.45, 2.75) is 32.0 Å². The van der Waals surface area contributed by atoms with Crippen molar-refractivity contribution >= 4 is 9.84 Å². The summed E-state index contributed by atoms with van der Waals surface area (Å²) in [4.78, 5) is 17.8. The predicted molar refractivity (Wildman–Crippen MR) is 104 cm³/mol. The molecule has 2 fully saturated rings. The van der Waals surface area contributed by atoms with Gasteiger partial charge in [-0.25, -0.2) is 18.4 Å². The Bertz CT molecular complexity index is 873. The van der Waals surface area contributed by atoms with Gasteiger partial charge in [0, 0.05) is 55.9 Å². The minimum Gasteiger partial charge on any atom is -0.297 e. The molecule has 2 saturated heterocycles. The molecule has 27 heavy (non-hydrogen) atoms. The smallest absolute Gasteiger partial charge is 0.178 e. The van der Waals surface area contributed by atoms with Crippen molar-refractivity contribution in [1.82, 2.24) is 24.8 Å². The molecule has 4 rings (SSSR count). The molecule has 0 aromatic carbocycles. The van der Waals surface area contributed by atoms with Gasteiger partial charge in [0.2, 0.25) is 0 Å². The van der Waals surface area contributed by atoms with Gasteiger partial charge < -0.3 is 0 Å². The van der Waals surface area contributed by atoms with Gasteiger partial charge in [0.05, 0.1) is 11.5 Å². The van der Waals surface area contributed by atoms with E-state index in [1.165, 1.54) is 0 Å². The van der Waals surface area contributed by atoms with E-state index in [1.807, 2.05) is 30.6 Å². The Kier molecular flexibility index (Phi) is 5.21. The van der Waals surface area contributed by atoms with Crippen LogP contribution in [-0.4, -0.2) is 76.4 Å². The van der Waals surface area contributed by atoms with E-state index < -0.39 is 9.84 Å². The van der Waals surface area contributed by atoms with Gasteiger partial charge in [-0.1, -0.05) is 13.0 Å². The first-order chi connectivity index (χ1) is 13.1. The molecule has 0 radical (unpaired) electrons. The van der Waals surface area contributed by atoms with E-state index >= 15 is 0 Å². The van der Waals surface area contributed by atoms with Crippen molar-refractivity contribution in [1.29, 1.82) is 0 Å². The Balaban J connectivity index is 1.49. The molecule has 0 aliphatic carbocycles. The maximum Gasteiger partial charge on any atom is 0.178 e. The summed E-state index contributed by atoms with van der Waals surface area (Å²) in [5.41, 5.74) is 1.75. The monoisotopic (exact) mass is 387 g/mol. The number of pyridine rings is 1. The van der Waals surface area contributed by atoms with Gasteiger partial charge >= 0.3 is 0 Å². The Morgan fingerprint density at radius 3 is 2.41 bits per heavy atom. The van der Waals surface area contributed by atoms with E-state index in [-0.39, 0.29) is 23.6 Å². The topological polar surface area (TPSA) is 79.3 Å². The highest BCUT2D eigenvalue weighted by atomic mass is 32.2. The first-order valence-corrected chi connectivity index (χ1v) is 11.3. The molecule has 0 bridgehead atoms. The van der Waals surface area contributed by atoms with Gasteiger partial charge in [0.25, 0.3) is 0 Å². The third-order valence-electron chi connectivity index (χ3n) is 5.40. The molecule has 0 spiro atoms. The Labute approximate surface area is 160 Å². The molecular formula is C19H25N5O2S. The van der Waals surface area contributed by atoms with Crippen LogP contribution in [0.25, 0.3) is 11.5 Å². The largest absolute Gasteiger partial charge is 0.297 e. The average Bonchev–Trinajstić information content (AvgIpc) is 3.01. The molecular weight excluding hydrogens is 362 g/mol. The van der Waals surface area contributed by atoms with Crippen LogP contribution in [0.4, 0.5) is 0 Å². The highest BCUT2D eigenvalue weighted by Crippen LogP contribution is 2.28. The maximum absolute atomic E-state index is 12.3. The fraction of sp³-hybridized carbons (Fsp3) is 0.526. The summed E-state index contributed by atoms with van der Waals surface area (Å²) in [6, 6.07) is 5.83. The summed E-state index contributed by atoms with van der Waals surface area (Å²) < 4.78 is 24.5. The summed E-state index contributed by atoms with van der Waals surface area (Å²) >= 11 is 0. The van der Waals surface area contributed by atoms with Crippen molar-refractivity contribution in [3.63, 3.8) is 0 Å². The second-order valence-corrected chi connectivity index (χ2v) is 9.50. The van der Waals surface area contributed by atoms with Crippen LogP contribution in [0.5, 0.6) is 0 Å². The Hall–Kier alpha value is -1.90. The molecule has 0 N–H and O–H groups in total. The number of aromatic nitrogens is 3. The molecule has 2 aromatic heterocycles. The number of fused-ring (bicyclic) bond motifs is 1. The maximum atomic E-state index is 12.3. The Morgan fingerprint density at radius 2 is 1.74 bits per heavy atom. The summed E-state index contributed by atoms with van der Waals surface area (Å²) in [5.74, 6) is 1.14. The molecule has 0 unspecified atom stereocenters. The van der Waals surface area contributed by atoms with Crippen molar-refractivity contribution in [3.05, 3.63) is 42.4 Å². The number of hydrogen-bond donors (Lipinski definition) is 0. The molecule has 2 aliphatic heterocycles. The highest BCUT2D eigenvalue weighted by molar-refractivity contribution is 7.91. The fourth-order valence-electron chi connectivity index (χ4n) is 4.16. The summed E-state index contributed by atoms with van der Waals surface area (Å²) in [5, 5.41) is 0. The van der Waals surface area contributed by atoms with Crippen LogP contribution >= 0.6 is 0 Å². The molecule has 2 aliphatic rings. The van der Waals surface area contributed by atoms with E-state index in [4.69, 9.17) is 0 Å². The molecule has 0 saturated carbocycles. The predicted octanol–water partition coefficient (Wildman–Crippen LogP) is 1.23. The zero-order valence-corrected chi connectivity index (χ0v) is 16.3. The zero-order valence-electron chi connectivity index (χ0n) is 15.5. The molecule has 2 aromatic rings. The Morgan fingerprint density at radius 1 is 1.04 bits per heavy atom. The molecule has 4 heterocycles. The summed E-state index contributed by atoms with van der Waals surface area (Å²) in [6.45, 7) is 5.58. The highest BCUT2D eigenvalue weighted by Gasteiger charge is 2.46. The van der Waals surface area contributed by atoms with Crippen molar-refractivity contribution in [2.75, 3.05) is 31.1 Å². The van der Waals surface area contributed by atoms with E-state index in [1.54, 1.807) is 6.20 Å². The summed E-state index contributed by atoms with van der Waals surface area (Å²) in [6.07, 6.45) is 6.43. The lowest BCUT2D eigenvalue weighted by Gasteiger charge is -2.43. The van der Waals surface area contributed by atoms with Gasteiger partial charge in [-0.3, -0.25) is 14.8 Å². The minimum atomic E-state index is -2.97. The third-order valence-corrected chi connectivity index (χ3v) is 7.10. The lowest BCUT2D eigenvalue weighted by Crippen LogP contribution is -2.58.